The van der Waals surface area contributed by atoms with Crippen LogP contribution < -0.4 is 21.7 Å². The van der Waals surface area contributed by atoms with Gasteiger partial charge in [0.1, 0.15) is 12.0 Å². The summed E-state index contributed by atoms with van der Waals surface area (Å²) < 4.78 is 0. The predicted octanol–water partition coefficient (Wildman–Crippen LogP) is 4.18. The molecule has 1 saturated heterocycles. The van der Waals surface area contributed by atoms with E-state index in [0.717, 1.165) is 18.5 Å². The molecule has 7 heteroatoms. The fraction of sp³-hybridized carbons (Fsp3) is 0.474. The van der Waals surface area contributed by atoms with Crippen molar-refractivity contribution in [3.8, 4) is 0 Å². The van der Waals surface area contributed by atoms with Crippen LogP contribution in [0.15, 0.2) is 30.6 Å². The average Bonchev–Trinajstić information content (AvgIpc) is 2.50. The van der Waals surface area contributed by atoms with Gasteiger partial charge in [-0.05, 0) is 52.7 Å². The monoisotopic (exact) mass is 374 g/mol. The molecule has 1 aromatic heterocycles. The molecule has 0 amide bonds. The van der Waals surface area contributed by atoms with Gasteiger partial charge in [0.05, 0.1) is 10.7 Å². The molecule has 1 aromatic carbocycles. The van der Waals surface area contributed by atoms with Crippen LogP contribution in [0.25, 0.3) is 0 Å². The maximum Gasteiger partial charge on any atom is 0.159 e. The quantitative estimate of drug-likeness (QED) is 0.642. The molecule has 0 spiro atoms. The number of nitrogens with one attached hydrogen (secondary N) is 3. The summed E-state index contributed by atoms with van der Waals surface area (Å²) in [6, 6.07) is 7.76. The maximum atomic E-state index is 6.32. The fourth-order valence-corrected chi connectivity index (χ4v) is 4.10. The number of hydrogen-bond acceptors (Lipinski definition) is 6. The fourth-order valence-electron chi connectivity index (χ4n) is 3.92. The Kier molecular flexibility index (Phi) is 4.99. The number of anilines is 4. The molecule has 3 rings (SSSR count). The first-order chi connectivity index (χ1) is 12.2. The molecular weight excluding hydrogens is 348 g/mol. The number of halogens is 1. The number of piperidine rings is 1. The van der Waals surface area contributed by atoms with Crippen molar-refractivity contribution in [2.45, 2.75) is 57.7 Å². The second kappa shape index (κ2) is 6.93. The molecule has 0 bridgehead atoms. The van der Waals surface area contributed by atoms with E-state index in [1.54, 1.807) is 0 Å². The van der Waals surface area contributed by atoms with Crippen LogP contribution in [-0.2, 0) is 0 Å². The topological polar surface area (TPSA) is 87.9 Å². The molecule has 1 aliphatic heterocycles. The molecule has 0 unspecified atom stereocenters. The zero-order valence-corrected chi connectivity index (χ0v) is 16.5. The number of rotatable bonds is 4. The molecular formula is C19H27ClN6. The van der Waals surface area contributed by atoms with Crippen molar-refractivity contribution < 1.29 is 0 Å². The molecule has 5 N–H and O–H groups in total. The number of para-hydroxylation sites is 1. The van der Waals surface area contributed by atoms with E-state index in [0.29, 0.717) is 22.3 Å². The van der Waals surface area contributed by atoms with Gasteiger partial charge in [-0.2, -0.15) is 0 Å². The van der Waals surface area contributed by atoms with Crippen LogP contribution in [-0.4, -0.2) is 27.1 Å². The van der Waals surface area contributed by atoms with Crippen LogP contribution >= 0.6 is 11.6 Å². The average molecular weight is 375 g/mol. The third kappa shape index (κ3) is 4.37. The SMILES string of the molecule is CC1(C)CC(Nc2ncnc(Nc3ccccc3Cl)c2N)CC(C)(C)N1. The van der Waals surface area contributed by atoms with E-state index in [-0.39, 0.29) is 17.1 Å². The van der Waals surface area contributed by atoms with Crippen LogP contribution in [0.5, 0.6) is 0 Å². The molecule has 2 aromatic rings. The predicted molar refractivity (Wildman–Crippen MR) is 109 cm³/mol. The lowest BCUT2D eigenvalue weighted by atomic mass is 9.79. The van der Waals surface area contributed by atoms with E-state index in [2.05, 4.69) is 53.6 Å². The van der Waals surface area contributed by atoms with E-state index >= 15 is 0 Å². The number of nitrogens with two attached hydrogens (primary N) is 1. The molecule has 26 heavy (non-hydrogen) atoms. The van der Waals surface area contributed by atoms with Gasteiger partial charge in [-0.1, -0.05) is 23.7 Å². The molecule has 0 atom stereocenters. The Hall–Kier alpha value is -2.05. The highest BCUT2D eigenvalue weighted by atomic mass is 35.5. The maximum absolute atomic E-state index is 6.32. The van der Waals surface area contributed by atoms with E-state index < -0.39 is 0 Å². The Morgan fingerprint density at radius 3 is 2.35 bits per heavy atom. The number of aromatic nitrogens is 2. The zero-order chi connectivity index (χ0) is 18.9. The first-order valence-electron chi connectivity index (χ1n) is 8.83. The third-order valence-electron chi connectivity index (χ3n) is 4.54. The van der Waals surface area contributed by atoms with Gasteiger partial charge < -0.3 is 21.7 Å². The lowest BCUT2D eigenvalue weighted by Gasteiger charge is -2.46. The van der Waals surface area contributed by atoms with Crippen LogP contribution in [0.2, 0.25) is 5.02 Å². The van der Waals surface area contributed by atoms with E-state index in [1.165, 1.54) is 6.33 Å². The summed E-state index contributed by atoms with van der Waals surface area (Å²) in [7, 11) is 0. The highest BCUT2D eigenvalue weighted by molar-refractivity contribution is 6.33. The molecule has 0 aliphatic carbocycles. The van der Waals surface area contributed by atoms with Crippen molar-refractivity contribution in [3.05, 3.63) is 35.6 Å². The number of nitrogens with zero attached hydrogens (tertiary/aromatic N) is 2. The van der Waals surface area contributed by atoms with Crippen molar-refractivity contribution in [3.63, 3.8) is 0 Å². The van der Waals surface area contributed by atoms with Gasteiger partial charge in [0, 0.05) is 17.1 Å². The Balaban J connectivity index is 1.80. The molecule has 1 fully saturated rings. The molecule has 140 valence electrons. The Morgan fingerprint density at radius 1 is 1.08 bits per heavy atom. The highest BCUT2D eigenvalue weighted by Crippen LogP contribution is 2.33. The minimum atomic E-state index is 0.0415. The Morgan fingerprint density at radius 2 is 1.69 bits per heavy atom. The van der Waals surface area contributed by atoms with Gasteiger partial charge in [-0.3, -0.25) is 0 Å². The normalized spacial score (nSPS) is 19.1. The van der Waals surface area contributed by atoms with Gasteiger partial charge in [-0.15, -0.1) is 0 Å². The number of nitrogen functional groups attached to an aromatic ring is 1. The standard InChI is InChI=1S/C19H27ClN6/c1-18(2)9-12(10-19(3,4)26-18)24-16-15(21)17(23-11-22-16)25-14-8-6-5-7-13(14)20/h5-8,11-12,26H,9-10,21H2,1-4H3,(H2,22,23,24,25). The summed E-state index contributed by atoms with van der Waals surface area (Å²) in [5.41, 5.74) is 7.65. The van der Waals surface area contributed by atoms with Crippen molar-refractivity contribution in [1.29, 1.82) is 0 Å². The van der Waals surface area contributed by atoms with E-state index in [4.69, 9.17) is 17.3 Å². The van der Waals surface area contributed by atoms with Gasteiger partial charge in [0.2, 0.25) is 0 Å². The van der Waals surface area contributed by atoms with E-state index in [1.807, 2.05) is 24.3 Å². The second-order valence-electron chi connectivity index (χ2n) is 8.23. The van der Waals surface area contributed by atoms with Crippen molar-refractivity contribution in [1.82, 2.24) is 15.3 Å². The van der Waals surface area contributed by atoms with Gasteiger partial charge >= 0.3 is 0 Å². The van der Waals surface area contributed by atoms with Crippen LogP contribution in [0, 0.1) is 0 Å². The smallest absolute Gasteiger partial charge is 0.159 e. The van der Waals surface area contributed by atoms with Gasteiger partial charge in [0.15, 0.2) is 11.6 Å². The summed E-state index contributed by atoms with van der Waals surface area (Å²) in [5, 5.41) is 11.0. The largest absolute Gasteiger partial charge is 0.393 e. The van der Waals surface area contributed by atoms with Crippen molar-refractivity contribution >= 4 is 34.6 Å². The third-order valence-corrected chi connectivity index (χ3v) is 4.87. The summed E-state index contributed by atoms with van der Waals surface area (Å²) in [4.78, 5) is 8.62. The Bertz CT molecular complexity index is 773. The first-order valence-corrected chi connectivity index (χ1v) is 9.21. The molecule has 6 nitrogen and oxygen atoms in total. The van der Waals surface area contributed by atoms with Crippen LogP contribution in [0.4, 0.5) is 23.0 Å². The first kappa shape index (κ1) is 18.7. The highest BCUT2D eigenvalue weighted by Gasteiger charge is 2.37. The zero-order valence-electron chi connectivity index (χ0n) is 15.7. The lowest BCUT2D eigenvalue weighted by molar-refractivity contribution is 0.170. The van der Waals surface area contributed by atoms with Crippen molar-refractivity contribution in [2.24, 2.45) is 0 Å². The van der Waals surface area contributed by atoms with Gasteiger partial charge in [0.25, 0.3) is 0 Å². The van der Waals surface area contributed by atoms with Crippen LogP contribution in [0.3, 0.4) is 0 Å². The summed E-state index contributed by atoms with van der Waals surface area (Å²) in [6.45, 7) is 8.87. The van der Waals surface area contributed by atoms with Crippen molar-refractivity contribution in [2.75, 3.05) is 16.4 Å². The molecule has 0 saturated carbocycles. The number of hydrogen-bond donors (Lipinski definition) is 4. The molecule has 0 radical (unpaired) electrons. The second-order valence-corrected chi connectivity index (χ2v) is 8.64. The minimum Gasteiger partial charge on any atom is -0.393 e. The summed E-state index contributed by atoms with van der Waals surface area (Å²) in [6.07, 6.45) is 3.47. The van der Waals surface area contributed by atoms with Crippen LogP contribution in [0.1, 0.15) is 40.5 Å². The Labute approximate surface area is 159 Å². The minimum absolute atomic E-state index is 0.0415. The summed E-state index contributed by atoms with van der Waals surface area (Å²) in [5.74, 6) is 1.19. The molecule has 2 heterocycles. The molecule has 1 aliphatic rings. The van der Waals surface area contributed by atoms with Gasteiger partial charge in [-0.25, -0.2) is 9.97 Å². The van der Waals surface area contributed by atoms with E-state index in [9.17, 15) is 0 Å². The number of benzene rings is 1. The lowest BCUT2D eigenvalue weighted by Crippen LogP contribution is -2.60. The summed E-state index contributed by atoms with van der Waals surface area (Å²) >= 11 is 6.22.